The average Bonchev–Trinajstić information content (AvgIpc) is 2.34. The molecule has 0 aromatic heterocycles. The summed E-state index contributed by atoms with van der Waals surface area (Å²) in [7, 11) is 1.66. The third-order valence-corrected chi connectivity index (χ3v) is 2.58. The van der Waals surface area contributed by atoms with Gasteiger partial charge in [0.1, 0.15) is 0 Å². The molecule has 0 amide bonds. The fourth-order valence-electron chi connectivity index (χ4n) is 1.56. The fourth-order valence-corrected chi connectivity index (χ4v) is 1.56. The van der Waals surface area contributed by atoms with E-state index in [1.807, 2.05) is 6.07 Å². The van der Waals surface area contributed by atoms with Crippen molar-refractivity contribution in [2.24, 2.45) is 0 Å². The van der Waals surface area contributed by atoms with Gasteiger partial charge in [0.05, 0.1) is 11.5 Å². The molecule has 0 heterocycles. The molecule has 0 radical (unpaired) electrons. The van der Waals surface area contributed by atoms with E-state index < -0.39 is 0 Å². The van der Waals surface area contributed by atoms with Gasteiger partial charge in [-0.05, 0) is 12.0 Å². The SMILES string of the molecule is CCC(COC)NCc1cccc([N+](=O)[O-])c1. The molecule has 5 nitrogen and oxygen atoms in total. The summed E-state index contributed by atoms with van der Waals surface area (Å²) in [5.74, 6) is 0. The maximum Gasteiger partial charge on any atom is 0.269 e. The van der Waals surface area contributed by atoms with Gasteiger partial charge in [-0.1, -0.05) is 19.1 Å². The van der Waals surface area contributed by atoms with Crippen LogP contribution in [0.15, 0.2) is 24.3 Å². The zero-order valence-corrected chi connectivity index (χ0v) is 10.2. The third kappa shape index (κ3) is 4.50. The number of nitro groups is 1. The first-order chi connectivity index (χ1) is 8.17. The lowest BCUT2D eigenvalue weighted by Crippen LogP contribution is -2.31. The molecule has 0 fully saturated rings. The molecule has 1 aromatic carbocycles. The highest BCUT2D eigenvalue weighted by Gasteiger charge is 2.08. The molecule has 0 saturated heterocycles. The standard InChI is InChI=1S/C12H18N2O3/c1-3-11(9-17-2)13-8-10-5-4-6-12(7-10)14(15)16/h4-7,11,13H,3,8-9H2,1-2H3. The number of hydrogen-bond acceptors (Lipinski definition) is 4. The van der Waals surface area contributed by atoms with Crippen molar-refractivity contribution in [1.29, 1.82) is 0 Å². The lowest BCUT2D eigenvalue weighted by molar-refractivity contribution is -0.384. The number of benzene rings is 1. The molecule has 1 N–H and O–H groups in total. The van der Waals surface area contributed by atoms with E-state index in [9.17, 15) is 10.1 Å². The van der Waals surface area contributed by atoms with Gasteiger partial charge in [0.15, 0.2) is 0 Å². The zero-order chi connectivity index (χ0) is 12.7. The molecule has 5 heteroatoms. The van der Waals surface area contributed by atoms with Gasteiger partial charge < -0.3 is 10.1 Å². The number of nitrogens with one attached hydrogen (secondary N) is 1. The quantitative estimate of drug-likeness (QED) is 0.583. The number of ether oxygens (including phenoxy) is 1. The second-order valence-corrected chi connectivity index (χ2v) is 3.87. The van der Waals surface area contributed by atoms with Crippen molar-refractivity contribution in [3.63, 3.8) is 0 Å². The molecule has 0 spiro atoms. The highest BCUT2D eigenvalue weighted by atomic mass is 16.6. The van der Waals surface area contributed by atoms with E-state index in [0.29, 0.717) is 13.2 Å². The topological polar surface area (TPSA) is 64.4 Å². The van der Waals surface area contributed by atoms with Gasteiger partial charge in [0.2, 0.25) is 0 Å². The van der Waals surface area contributed by atoms with E-state index in [2.05, 4.69) is 12.2 Å². The molecule has 1 rings (SSSR count). The van der Waals surface area contributed by atoms with E-state index in [4.69, 9.17) is 4.74 Å². The van der Waals surface area contributed by atoms with Crippen LogP contribution in [0.3, 0.4) is 0 Å². The normalized spacial score (nSPS) is 12.4. The first kappa shape index (κ1) is 13.6. The Labute approximate surface area is 101 Å². The van der Waals surface area contributed by atoms with Gasteiger partial charge in [-0.25, -0.2) is 0 Å². The molecule has 0 aliphatic carbocycles. The van der Waals surface area contributed by atoms with Gasteiger partial charge in [-0.2, -0.15) is 0 Å². The highest BCUT2D eigenvalue weighted by Crippen LogP contribution is 2.13. The van der Waals surface area contributed by atoms with Crippen LogP contribution in [0.25, 0.3) is 0 Å². The minimum absolute atomic E-state index is 0.129. The maximum absolute atomic E-state index is 10.6. The van der Waals surface area contributed by atoms with Crippen LogP contribution in [0.2, 0.25) is 0 Å². The molecular weight excluding hydrogens is 220 g/mol. The third-order valence-electron chi connectivity index (χ3n) is 2.58. The van der Waals surface area contributed by atoms with E-state index in [0.717, 1.165) is 12.0 Å². The van der Waals surface area contributed by atoms with E-state index in [1.54, 1.807) is 19.2 Å². The summed E-state index contributed by atoms with van der Waals surface area (Å²) in [4.78, 5) is 10.2. The summed E-state index contributed by atoms with van der Waals surface area (Å²) in [6, 6.07) is 6.94. The predicted molar refractivity (Wildman–Crippen MR) is 65.9 cm³/mol. The van der Waals surface area contributed by atoms with Gasteiger partial charge in [-0.15, -0.1) is 0 Å². The highest BCUT2D eigenvalue weighted by molar-refractivity contribution is 5.34. The lowest BCUT2D eigenvalue weighted by atomic mass is 10.1. The molecule has 0 bridgehead atoms. The summed E-state index contributed by atoms with van der Waals surface area (Å²) >= 11 is 0. The molecule has 0 aliphatic rings. The van der Waals surface area contributed by atoms with Crippen molar-refractivity contribution < 1.29 is 9.66 Å². The first-order valence-corrected chi connectivity index (χ1v) is 5.63. The van der Waals surface area contributed by atoms with Crippen LogP contribution in [0, 0.1) is 10.1 Å². The van der Waals surface area contributed by atoms with Crippen molar-refractivity contribution in [3.05, 3.63) is 39.9 Å². The number of nitrogens with zero attached hydrogens (tertiary/aromatic N) is 1. The van der Waals surface area contributed by atoms with Gasteiger partial charge in [0.25, 0.3) is 5.69 Å². The minimum Gasteiger partial charge on any atom is -0.383 e. The maximum atomic E-state index is 10.6. The number of methoxy groups -OCH3 is 1. The van der Waals surface area contributed by atoms with E-state index in [-0.39, 0.29) is 16.7 Å². The largest absolute Gasteiger partial charge is 0.383 e. The zero-order valence-electron chi connectivity index (χ0n) is 10.2. The summed E-state index contributed by atoms with van der Waals surface area (Å²) in [6.07, 6.45) is 0.961. The second kappa shape index (κ2) is 6.98. The van der Waals surface area contributed by atoms with Crippen molar-refractivity contribution in [1.82, 2.24) is 5.32 Å². The molecule has 0 saturated carbocycles. The van der Waals surface area contributed by atoms with Crippen LogP contribution >= 0.6 is 0 Å². The summed E-state index contributed by atoms with van der Waals surface area (Å²) in [5.41, 5.74) is 1.04. The Balaban J connectivity index is 2.56. The Morgan fingerprint density at radius 1 is 1.53 bits per heavy atom. The Morgan fingerprint density at radius 2 is 2.29 bits per heavy atom. The Bertz CT molecular complexity index is 369. The average molecular weight is 238 g/mol. The molecule has 1 unspecified atom stereocenters. The Kier molecular flexibility index (Phi) is 5.59. The molecule has 1 atom stereocenters. The van der Waals surface area contributed by atoms with E-state index in [1.165, 1.54) is 6.07 Å². The smallest absolute Gasteiger partial charge is 0.269 e. The summed E-state index contributed by atoms with van der Waals surface area (Å²) in [6.45, 7) is 3.33. The number of hydrogen-bond donors (Lipinski definition) is 1. The Morgan fingerprint density at radius 3 is 2.88 bits per heavy atom. The van der Waals surface area contributed by atoms with Crippen LogP contribution in [0.1, 0.15) is 18.9 Å². The monoisotopic (exact) mass is 238 g/mol. The first-order valence-electron chi connectivity index (χ1n) is 5.63. The summed E-state index contributed by atoms with van der Waals surface area (Å²) in [5, 5.41) is 13.9. The molecule has 0 aliphatic heterocycles. The lowest BCUT2D eigenvalue weighted by Gasteiger charge is -2.15. The van der Waals surface area contributed by atoms with Crippen LogP contribution < -0.4 is 5.32 Å². The van der Waals surface area contributed by atoms with Gasteiger partial charge >= 0.3 is 0 Å². The summed E-state index contributed by atoms with van der Waals surface area (Å²) < 4.78 is 5.07. The molecule has 17 heavy (non-hydrogen) atoms. The molecular formula is C12H18N2O3. The molecule has 94 valence electrons. The second-order valence-electron chi connectivity index (χ2n) is 3.87. The van der Waals surface area contributed by atoms with Crippen molar-refractivity contribution in [2.45, 2.75) is 25.9 Å². The number of rotatable bonds is 7. The predicted octanol–water partition coefficient (Wildman–Crippen LogP) is 2.11. The number of non-ortho nitro benzene ring substituents is 1. The van der Waals surface area contributed by atoms with Crippen molar-refractivity contribution >= 4 is 5.69 Å². The van der Waals surface area contributed by atoms with Crippen LogP contribution in [-0.4, -0.2) is 24.7 Å². The fraction of sp³-hybridized carbons (Fsp3) is 0.500. The van der Waals surface area contributed by atoms with Crippen LogP contribution in [-0.2, 0) is 11.3 Å². The molecule has 1 aromatic rings. The van der Waals surface area contributed by atoms with Crippen molar-refractivity contribution in [2.75, 3.05) is 13.7 Å². The van der Waals surface area contributed by atoms with E-state index >= 15 is 0 Å². The van der Waals surface area contributed by atoms with Gasteiger partial charge in [-0.3, -0.25) is 10.1 Å². The van der Waals surface area contributed by atoms with Crippen LogP contribution in [0.5, 0.6) is 0 Å². The van der Waals surface area contributed by atoms with Crippen LogP contribution in [0.4, 0.5) is 5.69 Å². The Hall–Kier alpha value is -1.46. The minimum atomic E-state index is -0.379. The number of nitro benzene ring substituents is 1. The van der Waals surface area contributed by atoms with Crippen molar-refractivity contribution in [3.8, 4) is 0 Å². The van der Waals surface area contributed by atoms with Gasteiger partial charge in [0, 0.05) is 31.8 Å².